The van der Waals surface area contributed by atoms with Crippen molar-refractivity contribution in [2.45, 2.75) is 141 Å². The Kier molecular flexibility index (Phi) is 18.5. The summed E-state index contributed by atoms with van der Waals surface area (Å²) in [4.78, 5) is 23.7. The highest BCUT2D eigenvalue weighted by Gasteiger charge is 2.20. The first-order valence-corrected chi connectivity index (χ1v) is 14.5. The molecule has 0 fully saturated rings. The van der Waals surface area contributed by atoms with E-state index in [9.17, 15) is 24.9 Å². The number of phenols is 2. The minimum absolute atomic E-state index is 0.0496. The molecule has 4 N–H and O–H groups in total. The maximum absolute atomic E-state index is 12.2. The first-order valence-electron chi connectivity index (χ1n) is 14.5. The molecule has 6 nitrogen and oxygen atoms in total. The molecular formula is C30H51NO5. The number of unbranched alkanes of at least 4 members (excludes halogenated alkanes) is 17. The van der Waals surface area contributed by atoms with Gasteiger partial charge in [-0.15, -0.1) is 0 Å². The molecule has 0 aliphatic carbocycles. The Bertz CT molecular complexity index is 721. The minimum Gasteiger partial charge on any atom is -0.504 e. The highest BCUT2D eigenvalue weighted by Crippen LogP contribution is 2.25. The van der Waals surface area contributed by atoms with Crippen molar-refractivity contribution in [1.29, 1.82) is 0 Å². The van der Waals surface area contributed by atoms with E-state index < -0.39 is 12.0 Å². The second kappa shape index (κ2) is 20.9. The molecule has 1 aromatic carbocycles. The van der Waals surface area contributed by atoms with Crippen LogP contribution >= 0.6 is 0 Å². The van der Waals surface area contributed by atoms with Crippen LogP contribution in [0.1, 0.15) is 134 Å². The maximum atomic E-state index is 12.2. The molecule has 206 valence electrons. The van der Waals surface area contributed by atoms with Crippen molar-refractivity contribution in [3.8, 4) is 11.5 Å². The first kappa shape index (κ1) is 31.8. The Hall–Kier alpha value is -2.24. The van der Waals surface area contributed by atoms with Crippen molar-refractivity contribution in [2.24, 2.45) is 0 Å². The summed E-state index contributed by atoms with van der Waals surface area (Å²) in [6, 6.07) is 3.10. The number of phenolic OH excluding ortho intramolecular Hbond substituents is 2. The van der Waals surface area contributed by atoms with E-state index in [4.69, 9.17) is 0 Å². The lowest BCUT2D eigenvalue weighted by atomic mass is 10.0. The fourth-order valence-corrected chi connectivity index (χ4v) is 4.59. The van der Waals surface area contributed by atoms with E-state index in [1.165, 1.54) is 115 Å². The zero-order valence-electron chi connectivity index (χ0n) is 22.6. The predicted octanol–water partition coefficient (Wildman–Crippen LogP) is 7.64. The van der Waals surface area contributed by atoms with Gasteiger partial charge in [-0.2, -0.15) is 0 Å². The standard InChI is InChI=1S/C30H51NO5/c1-2-3-4-5-6-7-8-9-10-11-12-13-14-15-16-17-18-19-20-29(34)31-26(30(35)36)23-25-21-22-27(32)28(33)24-25/h21-22,24,26,32-33H,2-20,23H2,1H3,(H,31,34)(H,35,36)/t26-/m0/s1. The zero-order valence-corrected chi connectivity index (χ0v) is 22.6. The summed E-state index contributed by atoms with van der Waals surface area (Å²) in [5, 5.41) is 30.9. The van der Waals surface area contributed by atoms with Gasteiger partial charge >= 0.3 is 5.97 Å². The molecule has 0 heterocycles. The molecule has 0 unspecified atom stereocenters. The molecule has 0 saturated carbocycles. The van der Waals surface area contributed by atoms with Crippen LogP contribution in [0.2, 0.25) is 0 Å². The molecular weight excluding hydrogens is 454 g/mol. The predicted molar refractivity (Wildman–Crippen MR) is 146 cm³/mol. The summed E-state index contributed by atoms with van der Waals surface area (Å²) in [5.41, 5.74) is 0.533. The lowest BCUT2D eigenvalue weighted by Crippen LogP contribution is -2.42. The molecule has 1 rings (SSSR count). The van der Waals surface area contributed by atoms with Gasteiger partial charge in [-0.05, 0) is 24.1 Å². The van der Waals surface area contributed by atoms with Crippen LogP contribution in [0.5, 0.6) is 11.5 Å². The molecule has 1 atom stereocenters. The smallest absolute Gasteiger partial charge is 0.326 e. The molecule has 0 aromatic heterocycles. The van der Waals surface area contributed by atoms with Crippen molar-refractivity contribution < 1.29 is 24.9 Å². The third-order valence-electron chi connectivity index (χ3n) is 6.87. The van der Waals surface area contributed by atoms with Gasteiger partial charge in [0.15, 0.2) is 11.5 Å². The third-order valence-corrected chi connectivity index (χ3v) is 6.87. The summed E-state index contributed by atoms with van der Waals surface area (Å²) >= 11 is 0. The number of benzene rings is 1. The fourth-order valence-electron chi connectivity index (χ4n) is 4.59. The molecule has 0 aliphatic heterocycles. The average molecular weight is 506 g/mol. The number of carboxylic acid groups (broad SMARTS) is 1. The number of carbonyl (C=O) groups excluding carboxylic acids is 1. The Morgan fingerprint density at radius 2 is 1.14 bits per heavy atom. The quantitative estimate of drug-likeness (QED) is 0.0903. The number of carbonyl (C=O) groups is 2. The molecule has 1 aromatic rings. The van der Waals surface area contributed by atoms with Crippen LogP contribution < -0.4 is 5.32 Å². The number of carboxylic acids is 1. The highest BCUT2D eigenvalue weighted by molar-refractivity contribution is 5.83. The largest absolute Gasteiger partial charge is 0.504 e. The van der Waals surface area contributed by atoms with Crippen LogP contribution in [0.15, 0.2) is 18.2 Å². The summed E-state index contributed by atoms with van der Waals surface area (Å²) in [7, 11) is 0. The number of nitrogens with one attached hydrogen (secondary N) is 1. The minimum atomic E-state index is -1.12. The lowest BCUT2D eigenvalue weighted by molar-refractivity contribution is -0.141. The Morgan fingerprint density at radius 3 is 1.56 bits per heavy atom. The van der Waals surface area contributed by atoms with Crippen LogP contribution in [0.25, 0.3) is 0 Å². The number of rotatable bonds is 23. The van der Waals surface area contributed by atoms with Gasteiger partial charge in [-0.25, -0.2) is 4.79 Å². The number of aromatic hydroxyl groups is 2. The number of hydrogen-bond acceptors (Lipinski definition) is 4. The van der Waals surface area contributed by atoms with E-state index in [2.05, 4.69) is 12.2 Å². The van der Waals surface area contributed by atoms with Crippen molar-refractivity contribution in [2.75, 3.05) is 0 Å². The Labute approximate surface area is 218 Å². The fraction of sp³-hybridized carbons (Fsp3) is 0.733. The summed E-state index contributed by atoms with van der Waals surface area (Å²) in [6.45, 7) is 2.27. The second-order valence-electron chi connectivity index (χ2n) is 10.2. The molecule has 0 spiro atoms. The van der Waals surface area contributed by atoms with E-state index in [1.807, 2.05) is 0 Å². The first-order chi connectivity index (χ1) is 17.4. The van der Waals surface area contributed by atoms with Crippen LogP contribution in [0.4, 0.5) is 0 Å². The van der Waals surface area contributed by atoms with E-state index in [1.54, 1.807) is 0 Å². The molecule has 0 bridgehead atoms. The van der Waals surface area contributed by atoms with Gasteiger partial charge in [0.05, 0.1) is 0 Å². The van der Waals surface area contributed by atoms with E-state index in [0.717, 1.165) is 19.3 Å². The molecule has 36 heavy (non-hydrogen) atoms. The average Bonchev–Trinajstić information content (AvgIpc) is 2.85. The molecule has 0 radical (unpaired) electrons. The van der Waals surface area contributed by atoms with E-state index in [0.29, 0.717) is 12.0 Å². The number of hydrogen-bond donors (Lipinski definition) is 4. The zero-order chi connectivity index (χ0) is 26.4. The van der Waals surface area contributed by atoms with Gasteiger partial charge in [0, 0.05) is 12.8 Å². The SMILES string of the molecule is CCCCCCCCCCCCCCCCCCCCC(=O)N[C@@H](Cc1ccc(O)c(O)c1)C(=O)O. The third kappa shape index (κ3) is 16.4. The van der Waals surface area contributed by atoms with Gasteiger partial charge in [0.1, 0.15) is 6.04 Å². The topological polar surface area (TPSA) is 107 Å². The van der Waals surface area contributed by atoms with Crippen molar-refractivity contribution >= 4 is 11.9 Å². The molecule has 1 amide bonds. The number of amides is 1. The van der Waals surface area contributed by atoms with Crippen LogP contribution in [0, 0.1) is 0 Å². The lowest BCUT2D eigenvalue weighted by Gasteiger charge is -2.15. The normalized spacial score (nSPS) is 11.9. The molecule has 0 aliphatic rings. The monoisotopic (exact) mass is 505 g/mol. The van der Waals surface area contributed by atoms with Gasteiger partial charge in [0.25, 0.3) is 0 Å². The summed E-state index contributed by atoms with van der Waals surface area (Å²) < 4.78 is 0. The number of aliphatic carboxylic acids is 1. The maximum Gasteiger partial charge on any atom is 0.326 e. The van der Waals surface area contributed by atoms with E-state index in [-0.39, 0.29) is 23.8 Å². The van der Waals surface area contributed by atoms with E-state index >= 15 is 0 Å². The molecule has 6 heteroatoms. The Morgan fingerprint density at radius 1 is 0.694 bits per heavy atom. The van der Waals surface area contributed by atoms with Crippen LogP contribution in [-0.2, 0) is 16.0 Å². The summed E-state index contributed by atoms with van der Waals surface area (Å²) in [5.74, 6) is -1.94. The van der Waals surface area contributed by atoms with Crippen molar-refractivity contribution in [3.63, 3.8) is 0 Å². The van der Waals surface area contributed by atoms with Gasteiger partial charge in [-0.3, -0.25) is 4.79 Å². The highest BCUT2D eigenvalue weighted by atomic mass is 16.4. The molecule has 0 saturated heterocycles. The summed E-state index contributed by atoms with van der Waals surface area (Å²) in [6.07, 6.45) is 23.6. The van der Waals surface area contributed by atoms with Gasteiger partial charge in [-0.1, -0.05) is 122 Å². The van der Waals surface area contributed by atoms with Gasteiger partial charge in [0.2, 0.25) is 5.91 Å². The van der Waals surface area contributed by atoms with Crippen LogP contribution in [-0.4, -0.2) is 33.2 Å². The van der Waals surface area contributed by atoms with Crippen molar-refractivity contribution in [1.82, 2.24) is 5.32 Å². The second-order valence-corrected chi connectivity index (χ2v) is 10.2. The van der Waals surface area contributed by atoms with Gasteiger partial charge < -0.3 is 20.6 Å². The van der Waals surface area contributed by atoms with Crippen molar-refractivity contribution in [3.05, 3.63) is 23.8 Å². The van der Waals surface area contributed by atoms with Crippen LogP contribution in [0.3, 0.4) is 0 Å². The Balaban J connectivity index is 1.96.